The number of carbonyl (C=O) groups is 2. The lowest BCUT2D eigenvalue weighted by Gasteiger charge is -2.25. The van der Waals surface area contributed by atoms with Gasteiger partial charge in [-0.3, -0.25) is 9.59 Å². The summed E-state index contributed by atoms with van der Waals surface area (Å²) in [7, 11) is 0. The largest absolute Gasteiger partial charge is 0.350 e. The van der Waals surface area contributed by atoms with Crippen molar-refractivity contribution in [3.63, 3.8) is 0 Å². The van der Waals surface area contributed by atoms with Gasteiger partial charge in [-0.2, -0.15) is 0 Å². The Morgan fingerprint density at radius 3 is 2.26 bits per heavy atom. The molecule has 0 spiro atoms. The van der Waals surface area contributed by atoms with Gasteiger partial charge in [-0.15, -0.1) is 12.4 Å². The van der Waals surface area contributed by atoms with Crippen LogP contribution in [0.2, 0.25) is 0 Å². The minimum atomic E-state index is -0.524. The van der Waals surface area contributed by atoms with E-state index in [4.69, 9.17) is 5.73 Å². The molecule has 1 fully saturated rings. The quantitative estimate of drug-likeness (QED) is 0.724. The van der Waals surface area contributed by atoms with Crippen LogP contribution >= 0.6 is 12.4 Å². The number of amides is 2. The Kier molecular flexibility index (Phi) is 6.80. The summed E-state index contributed by atoms with van der Waals surface area (Å²) in [4.78, 5) is 23.8. The number of hydrogen-bond donors (Lipinski definition) is 3. The summed E-state index contributed by atoms with van der Waals surface area (Å²) in [5, 5.41) is 5.58. The van der Waals surface area contributed by atoms with E-state index in [9.17, 15) is 9.59 Å². The Labute approximate surface area is 121 Å². The molecular weight excluding hydrogens is 266 g/mol. The molecule has 0 saturated heterocycles. The molecule has 1 aliphatic carbocycles. The molecule has 0 heterocycles. The fraction of sp³-hybridized carbons (Fsp3) is 0.846. The third-order valence-corrected chi connectivity index (χ3v) is 3.16. The van der Waals surface area contributed by atoms with Crippen molar-refractivity contribution in [1.82, 2.24) is 10.6 Å². The summed E-state index contributed by atoms with van der Waals surface area (Å²) in [6, 6.07) is -0.590. The zero-order valence-electron chi connectivity index (χ0n) is 12.2. The van der Waals surface area contributed by atoms with Gasteiger partial charge in [-0.1, -0.05) is 6.42 Å². The first-order valence-corrected chi connectivity index (χ1v) is 6.58. The van der Waals surface area contributed by atoms with E-state index in [0.717, 1.165) is 19.3 Å². The van der Waals surface area contributed by atoms with Gasteiger partial charge in [-0.05, 0) is 40.5 Å². The SMILES string of the molecule is CC(NC(=O)C1CCCC1N)C(=O)NC(C)(C)C.Cl. The van der Waals surface area contributed by atoms with E-state index in [1.54, 1.807) is 6.92 Å². The van der Waals surface area contributed by atoms with E-state index < -0.39 is 6.04 Å². The second-order valence-electron chi connectivity index (χ2n) is 6.17. The molecule has 112 valence electrons. The van der Waals surface area contributed by atoms with Gasteiger partial charge < -0.3 is 16.4 Å². The van der Waals surface area contributed by atoms with E-state index in [0.29, 0.717) is 0 Å². The molecule has 0 aromatic heterocycles. The molecule has 5 nitrogen and oxygen atoms in total. The number of rotatable bonds is 3. The van der Waals surface area contributed by atoms with Crippen molar-refractivity contribution >= 4 is 24.2 Å². The summed E-state index contributed by atoms with van der Waals surface area (Å²) in [5.41, 5.74) is 5.58. The zero-order valence-corrected chi connectivity index (χ0v) is 13.0. The number of hydrogen-bond acceptors (Lipinski definition) is 3. The summed E-state index contributed by atoms with van der Waals surface area (Å²) in [6.45, 7) is 7.42. The smallest absolute Gasteiger partial charge is 0.242 e. The van der Waals surface area contributed by atoms with Crippen molar-refractivity contribution in [2.24, 2.45) is 11.7 Å². The summed E-state index contributed by atoms with van der Waals surface area (Å²) < 4.78 is 0. The van der Waals surface area contributed by atoms with Gasteiger partial charge in [0.1, 0.15) is 6.04 Å². The summed E-state index contributed by atoms with van der Waals surface area (Å²) in [5.74, 6) is -0.408. The predicted octanol–water partition coefficient (Wildman–Crippen LogP) is 0.955. The highest BCUT2D eigenvalue weighted by Gasteiger charge is 2.32. The summed E-state index contributed by atoms with van der Waals surface area (Å²) in [6.07, 6.45) is 2.70. The molecule has 0 radical (unpaired) electrons. The van der Waals surface area contributed by atoms with Crippen LogP contribution in [0.25, 0.3) is 0 Å². The first-order valence-electron chi connectivity index (χ1n) is 6.58. The normalized spacial score (nSPS) is 24.3. The highest BCUT2D eigenvalue weighted by molar-refractivity contribution is 5.88. The standard InChI is InChI=1S/C13H25N3O2.ClH/c1-8(11(17)16-13(2,3)4)15-12(18)9-6-5-7-10(9)14;/h8-10H,5-7,14H2,1-4H3,(H,15,18)(H,16,17);1H. The lowest BCUT2D eigenvalue weighted by Crippen LogP contribution is -2.52. The lowest BCUT2D eigenvalue weighted by molar-refractivity contribution is -0.131. The molecule has 2 amide bonds. The van der Waals surface area contributed by atoms with Gasteiger partial charge in [0.2, 0.25) is 11.8 Å². The molecule has 0 bridgehead atoms. The monoisotopic (exact) mass is 291 g/mol. The van der Waals surface area contributed by atoms with Crippen molar-refractivity contribution in [2.45, 2.75) is 64.6 Å². The van der Waals surface area contributed by atoms with Gasteiger partial charge >= 0.3 is 0 Å². The maximum Gasteiger partial charge on any atom is 0.242 e. The predicted molar refractivity (Wildman–Crippen MR) is 78.1 cm³/mol. The molecule has 0 aromatic rings. The molecule has 1 aliphatic rings. The molecule has 0 aromatic carbocycles. The van der Waals surface area contributed by atoms with Crippen molar-refractivity contribution in [1.29, 1.82) is 0 Å². The first kappa shape index (κ1) is 18.2. The van der Waals surface area contributed by atoms with Crippen molar-refractivity contribution in [2.75, 3.05) is 0 Å². The molecular formula is C13H26ClN3O2. The Balaban J connectivity index is 0.00000324. The molecule has 6 heteroatoms. The molecule has 1 saturated carbocycles. The fourth-order valence-electron chi connectivity index (χ4n) is 2.18. The van der Waals surface area contributed by atoms with E-state index in [1.807, 2.05) is 20.8 Å². The second-order valence-corrected chi connectivity index (χ2v) is 6.17. The van der Waals surface area contributed by atoms with Crippen LogP contribution in [0, 0.1) is 5.92 Å². The third kappa shape index (κ3) is 5.78. The van der Waals surface area contributed by atoms with Crippen LogP contribution in [0.4, 0.5) is 0 Å². The van der Waals surface area contributed by atoms with Crippen molar-refractivity contribution < 1.29 is 9.59 Å². The Morgan fingerprint density at radius 1 is 1.26 bits per heavy atom. The van der Waals surface area contributed by atoms with Crippen LogP contribution in [0.3, 0.4) is 0 Å². The molecule has 4 N–H and O–H groups in total. The number of nitrogens with two attached hydrogens (primary N) is 1. The zero-order chi connectivity index (χ0) is 13.9. The Morgan fingerprint density at radius 2 is 1.84 bits per heavy atom. The van der Waals surface area contributed by atoms with Crippen molar-refractivity contribution in [3.05, 3.63) is 0 Å². The fourth-order valence-corrected chi connectivity index (χ4v) is 2.18. The summed E-state index contributed by atoms with van der Waals surface area (Å²) >= 11 is 0. The van der Waals surface area contributed by atoms with Crippen LogP contribution in [-0.4, -0.2) is 29.4 Å². The van der Waals surface area contributed by atoms with E-state index >= 15 is 0 Å². The van der Waals surface area contributed by atoms with E-state index in [-0.39, 0.29) is 41.7 Å². The van der Waals surface area contributed by atoms with E-state index in [2.05, 4.69) is 10.6 Å². The molecule has 3 atom stereocenters. The maximum absolute atomic E-state index is 12.0. The topological polar surface area (TPSA) is 84.2 Å². The minimum Gasteiger partial charge on any atom is -0.350 e. The van der Waals surface area contributed by atoms with Crippen LogP contribution in [0.15, 0.2) is 0 Å². The van der Waals surface area contributed by atoms with Crippen LogP contribution in [0.1, 0.15) is 47.0 Å². The highest BCUT2D eigenvalue weighted by atomic mass is 35.5. The van der Waals surface area contributed by atoms with E-state index in [1.165, 1.54) is 0 Å². The van der Waals surface area contributed by atoms with Crippen LogP contribution in [0.5, 0.6) is 0 Å². The van der Waals surface area contributed by atoms with Crippen LogP contribution < -0.4 is 16.4 Å². The first-order chi connectivity index (χ1) is 8.20. The van der Waals surface area contributed by atoms with Crippen molar-refractivity contribution in [3.8, 4) is 0 Å². The molecule has 0 aliphatic heterocycles. The third-order valence-electron chi connectivity index (χ3n) is 3.16. The Hall–Kier alpha value is -0.810. The molecule has 3 unspecified atom stereocenters. The number of nitrogens with one attached hydrogen (secondary N) is 2. The second kappa shape index (κ2) is 7.10. The van der Waals surface area contributed by atoms with Gasteiger partial charge in [0.05, 0.1) is 5.92 Å². The van der Waals surface area contributed by atoms with Gasteiger partial charge in [-0.25, -0.2) is 0 Å². The highest BCUT2D eigenvalue weighted by Crippen LogP contribution is 2.24. The van der Waals surface area contributed by atoms with Gasteiger partial charge in [0.15, 0.2) is 0 Å². The van der Waals surface area contributed by atoms with Gasteiger partial charge in [0, 0.05) is 11.6 Å². The van der Waals surface area contributed by atoms with Gasteiger partial charge in [0.25, 0.3) is 0 Å². The van der Waals surface area contributed by atoms with Crippen LogP contribution in [-0.2, 0) is 9.59 Å². The lowest BCUT2D eigenvalue weighted by atomic mass is 10.0. The minimum absolute atomic E-state index is 0. The number of halogens is 1. The maximum atomic E-state index is 12.0. The molecule has 19 heavy (non-hydrogen) atoms. The molecule has 1 rings (SSSR count). The number of carbonyl (C=O) groups excluding carboxylic acids is 2. The Bertz CT molecular complexity index is 328. The average Bonchev–Trinajstić information content (AvgIpc) is 2.61. The average molecular weight is 292 g/mol.